The molecular weight excluding hydrogens is 250 g/mol. The highest BCUT2D eigenvalue weighted by Gasteiger charge is 1.76. The van der Waals surface area contributed by atoms with E-state index in [1.54, 1.807) is 0 Å². The molecule has 9 heavy (non-hydrogen) atoms. The van der Waals surface area contributed by atoms with Crippen molar-refractivity contribution in [2.24, 2.45) is 11.5 Å². The van der Waals surface area contributed by atoms with Crippen molar-refractivity contribution in [3.63, 3.8) is 0 Å². The first-order valence-corrected chi connectivity index (χ1v) is 2.52. The number of hydrogen-bond donors (Lipinski definition) is 3. The van der Waals surface area contributed by atoms with Gasteiger partial charge in [-0.05, 0) is 0 Å². The lowest BCUT2D eigenvalue weighted by atomic mass is 10.6. The Bertz CT molecular complexity index is 33.0. The zero-order valence-electron chi connectivity index (χ0n) is 5.30. The molecule has 5 N–H and O–H groups in total. The van der Waals surface area contributed by atoms with Crippen molar-refractivity contribution in [1.29, 1.82) is 0 Å². The summed E-state index contributed by atoms with van der Waals surface area (Å²) in [7, 11) is 0. The molecule has 60 valence electrons. The van der Waals surface area contributed by atoms with E-state index in [1.165, 1.54) is 0 Å². The molecule has 0 fully saturated rings. The zero-order chi connectivity index (χ0) is 5.54. The molecule has 0 aromatic carbocycles. The van der Waals surface area contributed by atoms with Gasteiger partial charge in [0.15, 0.2) is 0 Å². The van der Waals surface area contributed by atoms with Gasteiger partial charge < -0.3 is 16.8 Å². The monoisotopic (exact) mass is 263 g/mol. The van der Waals surface area contributed by atoms with Gasteiger partial charge in [-0.1, -0.05) is 0 Å². The van der Waals surface area contributed by atoms with E-state index in [2.05, 4.69) is 5.32 Å². The van der Waals surface area contributed by atoms with E-state index in [9.17, 15) is 0 Å². The van der Waals surface area contributed by atoms with E-state index in [1.807, 2.05) is 0 Å². The maximum atomic E-state index is 5.17. The molecule has 0 heterocycles. The second-order valence-corrected chi connectivity index (χ2v) is 1.33. The molecule has 0 rings (SSSR count). The van der Waals surface area contributed by atoms with E-state index in [4.69, 9.17) is 11.5 Å². The molecule has 5 heteroatoms. The Balaban J connectivity index is -0.000000180. The van der Waals surface area contributed by atoms with Gasteiger partial charge in [0.25, 0.3) is 0 Å². The molecule has 3 nitrogen and oxygen atoms in total. The van der Waals surface area contributed by atoms with Crippen molar-refractivity contribution in [3.8, 4) is 0 Å². The highest BCUT2D eigenvalue weighted by Crippen LogP contribution is 1.49. The van der Waals surface area contributed by atoms with Crippen LogP contribution in [0.4, 0.5) is 0 Å². The third kappa shape index (κ3) is 17.7. The molecule has 0 atom stereocenters. The molecule has 0 amide bonds. The first-order valence-electron chi connectivity index (χ1n) is 2.52. The summed E-state index contributed by atoms with van der Waals surface area (Å²) in [4.78, 5) is 0. The number of rotatable bonds is 4. The molecule has 0 unspecified atom stereocenters. The van der Waals surface area contributed by atoms with Crippen LogP contribution in [-0.2, 0) is 0 Å². The minimum absolute atomic E-state index is 0. The lowest BCUT2D eigenvalue weighted by Crippen LogP contribution is -2.27. The summed E-state index contributed by atoms with van der Waals surface area (Å²) in [5.74, 6) is 0. The number of nitrogens with two attached hydrogens (primary N) is 2. The van der Waals surface area contributed by atoms with Crippen molar-refractivity contribution >= 4 is 34.0 Å². The van der Waals surface area contributed by atoms with Crippen LogP contribution in [0, 0.1) is 0 Å². The Labute approximate surface area is 77.1 Å². The van der Waals surface area contributed by atoms with Crippen molar-refractivity contribution in [2.45, 2.75) is 0 Å². The van der Waals surface area contributed by atoms with Gasteiger partial charge in [-0.15, -0.1) is 34.0 Å². The van der Waals surface area contributed by atoms with Gasteiger partial charge in [-0.2, -0.15) is 0 Å². The minimum Gasteiger partial charge on any atom is -0.329 e. The summed E-state index contributed by atoms with van der Waals surface area (Å²) in [6, 6.07) is 0. The van der Waals surface area contributed by atoms with Crippen LogP contribution < -0.4 is 16.8 Å². The molecule has 0 aliphatic heterocycles. The molecule has 0 aromatic rings. The minimum atomic E-state index is 0. The van der Waals surface area contributed by atoms with Crippen molar-refractivity contribution in [1.82, 2.24) is 5.32 Å². The Morgan fingerprint density at radius 3 is 1.44 bits per heavy atom. The third-order valence-corrected chi connectivity index (χ3v) is 0.642. The van der Waals surface area contributed by atoms with Gasteiger partial charge in [0.05, 0.1) is 0 Å². The summed E-state index contributed by atoms with van der Waals surface area (Å²) in [6.07, 6.45) is 0. The van der Waals surface area contributed by atoms with Crippen LogP contribution >= 0.6 is 34.0 Å². The maximum Gasteiger partial charge on any atom is 0.00750 e. The fourth-order valence-corrected chi connectivity index (χ4v) is 0.329. The highest BCUT2D eigenvalue weighted by atomic mass is 79.9. The Morgan fingerprint density at radius 1 is 0.889 bits per heavy atom. The van der Waals surface area contributed by atoms with Crippen molar-refractivity contribution in [3.05, 3.63) is 0 Å². The standard InChI is InChI=1S/C4H13N3.2BrH/c5-1-3-7-4-2-6;;/h7H,1-6H2;2*1H. The predicted octanol–water partition coefficient (Wildman–Crippen LogP) is -0.351. The average molecular weight is 265 g/mol. The lowest BCUT2D eigenvalue weighted by molar-refractivity contribution is 0.696. The highest BCUT2D eigenvalue weighted by molar-refractivity contribution is 8.93. The first kappa shape index (κ1) is 16.4. The van der Waals surface area contributed by atoms with Crippen LogP contribution in [0.5, 0.6) is 0 Å². The SMILES string of the molecule is Br.Br.NCCNCCN. The molecule has 0 aliphatic carbocycles. The van der Waals surface area contributed by atoms with Crippen LogP contribution in [0.1, 0.15) is 0 Å². The van der Waals surface area contributed by atoms with E-state index in [0.717, 1.165) is 13.1 Å². The number of hydrogen-bond acceptors (Lipinski definition) is 3. The van der Waals surface area contributed by atoms with E-state index < -0.39 is 0 Å². The van der Waals surface area contributed by atoms with Gasteiger partial charge in [-0.25, -0.2) is 0 Å². The van der Waals surface area contributed by atoms with Gasteiger partial charge in [0, 0.05) is 26.2 Å². The smallest absolute Gasteiger partial charge is 0.00750 e. The zero-order valence-corrected chi connectivity index (χ0v) is 8.73. The summed E-state index contributed by atoms with van der Waals surface area (Å²) in [5, 5.41) is 3.03. The van der Waals surface area contributed by atoms with Crippen LogP contribution in [0.3, 0.4) is 0 Å². The van der Waals surface area contributed by atoms with Crippen molar-refractivity contribution in [2.75, 3.05) is 26.2 Å². The second kappa shape index (κ2) is 15.9. The lowest BCUT2D eigenvalue weighted by Gasteiger charge is -1.95. The maximum absolute atomic E-state index is 5.17. The fourth-order valence-electron chi connectivity index (χ4n) is 0.329. The van der Waals surface area contributed by atoms with Gasteiger partial charge in [-0.3, -0.25) is 0 Å². The second-order valence-electron chi connectivity index (χ2n) is 1.33. The first-order chi connectivity index (χ1) is 3.41. The predicted molar refractivity (Wildman–Crippen MR) is 51.6 cm³/mol. The Morgan fingerprint density at radius 2 is 1.22 bits per heavy atom. The molecule has 0 bridgehead atoms. The van der Waals surface area contributed by atoms with Gasteiger partial charge in [0.2, 0.25) is 0 Å². The summed E-state index contributed by atoms with van der Waals surface area (Å²) < 4.78 is 0. The normalized spacial score (nSPS) is 7.33. The molecule has 0 saturated carbocycles. The molecule has 0 radical (unpaired) electrons. The van der Waals surface area contributed by atoms with Gasteiger partial charge in [0.1, 0.15) is 0 Å². The van der Waals surface area contributed by atoms with E-state index >= 15 is 0 Å². The third-order valence-electron chi connectivity index (χ3n) is 0.642. The topological polar surface area (TPSA) is 64.1 Å². The summed E-state index contributed by atoms with van der Waals surface area (Å²) >= 11 is 0. The Hall–Kier alpha value is 0.840. The fraction of sp³-hybridized carbons (Fsp3) is 1.00. The van der Waals surface area contributed by atoms with Crippen LogP contribution in [-0.4, -0.2) is 26.2 Å². The number of nitrogens with one attached hydrogen (secondary N) is 1. The average Bonchev–Trinajstić information content (AvgIpc) is 1.69. The number of halogens is 2. The molecule has 0 saturated heterocycles. The quantitative estimate of drug-likeness (QED) is 0.609. The summed E-state index contributed by atoms with van der Waals surface area (Å²) in [6.45, 7) is 3.13. The molecule has 0 spiro atoms. The molecule has 0 aliphatic rings. The van der Waals surface area contributed by atoms with Gasteiger partial charge >= 0.3 is 0 Å². The van der Waals surface area contributed by atoms with Crippen molar-refractivity contribution < 1.29 is 0 Å². The molecule has 0 aromatic heterocycles. The van der Waals surface area contributed by atoms with Crippen LogP contribution in [0.2, 0.25) is 0 Å². The molecular formula is C4H15Br2N3. The van der Waals surface area contributed by atoms with E-state index in [0.29, 0.717) is 13.1 Å². The summed E-state index contributed by atoms with van der Waals surface area (Å²) in [5.41, 5.74) is 10.3. The van der Waals surface area contributed by atoms with E-state index in [-0.39, 0.29) is 34.0 Å². The van der Waals surface area contributed by atoms with Crippen LogP contribution in [0.15, 0.2) is 0 Å². The van der Waals surface area contributed by atoms with Crippen LogP contribution in [0.25, 0.3) is 0 Å². The Kier molecular flexibility index (Phi) is 29.1. The largest absolute Gasteiger partial charge is 0.329 e.